The average Bonchev–Trinajstić information content (AvgIpc) is 3.01. The summed E-state index contributed by atoms with van der Waals surface area (Å²) in [6.45, 7) is 12.2. The number of rotatable bonds is 9. The lowest BCUT2D eigenvalue weighted by molar-refractivity contribution is 0.178. The monoisotopic (exact) mass is 503 g/mol. The normalized spacial score (nSPS) is 12.0. The van der Waals surface area contributed by atoms with E-state index in [0.29, 0.717) is 18.6 Å². The molecule has 0 atom stereocenters. The Labute approximate surface area is 184 Å². The van der Waals surface area contributed by atoms with Crippen molar-refractivity contribution in [3.8, 4) is 0 Å². The zero-order valence-corrected chi connectivity index (χ0v) is 20.1. The van der Waals surface area contributed by atoms with Crippen LogP contribution in [0.5, 0.6) is 0 Å². The minimum atomic E-state index is 0. The van der Waals surface area contributed by atoms with Crippen LogP contribution in [-0.4, -0.2) is 75.9 Å². The summed E-state index contributed by atoms with van der Waals surface area (Å²) in [5.41, 5.74) is 0.817. The molecule has 0 spiro atoms. The Hall–Kier alpha value is -1.69. The third-order valence-corrected chi connectivity index (χ3v) is 4.45. The second-order valence-corrected chi connectivity index (χ2v) is 7.01. The van der Waals surface area contributed by atoms with Gasteiger partial charge >= 0.3 is 0 Å². The number of hydrogen-bond donors (Lipinski definition) is 3. The Kier molecular flexibility index (Phi) is 10.4. The van der Waals surface area contributed by atoms with Crippen LogP contribution < -0.4 is 16.0 Å². The highest BCUT2D eigenvalue weighted by Crippen LogP contribution is 2.16. The van der Waals surface area contributed by atoms with E-state index < -0.39 is 0 Å². The van der Waals surface area contributed by atoms with E-state index in [9.17, 15) is 0 Å². The van der Waals surface area contributed by atoms with Gasteiger partial charge in [0.1, 0.15) is 12.1 Å². The number of fused-ring (bicyclic) bond motifs is 1. The van der Waals surface area contributed by atoms with Crippen LogP contribution in [0.2, 0.25) is 0 Å². The van der Waals surface area contributed by atoms with E-state index >= 15 is 0 Å². The van der Waals surface area contributed by atoms with Crippen LogP contribution in [0.25, 0.3) is 11.0 Å². The molecule has 9 nitrogen and oxygen atoms in total. The van der Waals surface area contributed by atoms with Crippen molar-refractivity contribution in [2.45, 2.75) is 39.8 Å². The van der Waals surface area contributed by atoms with Crippen LogP contribution in [0, 0.1) is 0 Å². The molecule has 0 amide bonds. The molecule has 158 valence electrons. The Morgan fingerprint density at radius 1 is 1.11 bits per heavy atom. The standard InChI is InChI=1S/C18H33N9.HI/c1-13(2)27(14(3)4)10-9-22-18(19-5)21-8-7-20-16-15-11-25-26(6)17(15)24-12-23-16;/h11-14H,7-10H2,1-6H3,(H2,19,21,22)(H,20,23,24);1H. The molecule has 2 heterocycles. The lowest BCUT2D eigenvalue weighted by Gasteiger charge is -2.30. The molecule has 0 unspecified atom stereocenters. The Morgan fingerprint density at radius 2 is 1.79 bits per heavy atom. The van der Waals surface area contributed by atoms with Crippen molar-refractivity contribution in [3.63, 3.8) is 0 Å². The predicted octanol–water partition coefficient (Wildman–Crippen LogP) is 1.68. The number of anilines is 1. The van der Waals surface area contributed by atoms with E-state index in [1.54, 1.807) is 24.3 Å². The van der Waals surface area contributed by atoms with Gasteiger partial charge in [-0.3, -0.25) is 14.6 Å². The lowest BCUT2D eigenvalue weighted by atomic mass is 10.2. The van der Waals surface area contributed by atoms with Gasteiger partial charge in [-0.2, -0.15) is 5.10 Å². The number of hydrogen-bond acceptors (Lipinski definition) is 6. The van der Waals surface area contributed by atoms with Gasteiger partial charge in [0.15, 0.2) is 11.6 Å². The van der Waals surface area contributed by atoms with Gasteiger partial charge in [0.2, 0.25) is 0 Å². The number of aryl methyl sites for hydroxylation is 1. The number of nitrogens with zero attached hydrogens (tertiary/aromatic N) is 6. The van der Waals surface area contributed by atoms with Crippen molar-refractivity contribution in [2.24, 2.45) is 12.0 Å². The van der Waals surface area contributed by atoms with Crippen molar-refractivity contribution in [3.05, 3.63) is 12.5 Å². The first-order valence-electron chi connectivity index (χ1n) is 9.50. The molecule has 3 N–H and O–H groups in total. The van der Waals surface area contributed by atoms with Gasteiger partial charge in [-0.1, -0.05) is 0 Å². The minimum Gasteiger partial charge on any atom is -0.368 e. The van der Waals surface area contributed by atoms with E-state index in [0.717, 1.165) is 42.4 Å². The van der Waals surface area contributed by atoms with Crippen LogP contribution in [0.1, 0.15) is 27.7 Å². The maximum Gasteiger partial charge on any atom is 0.191 e. The first kappa shape index (κ1) is 24.3. The van der Waals surface area contributed by atoms with Gasteiger partial charge in [0, 0.05) is 52.4 Å². The molecule has 2 rings (SSSR count). The maximum atomic E-state index is 4.30. The Bertz CT molecular complexity index is 734. The molecule has 0 saturated carbocycles. The summed E-state index contributed by atoms with van der Waals surface area (Å²) in [4.78, 5) is 15.3. The number of nitrogens with one attached hydrogen (secondary N) is 3. The fourth-order valence-corrected chi connectivity index (χ4v) is 3.10. The van der Waals surface area contributed by atoms with Gasteiger partial charge in [0.05, 0.1) is 11.6 Å². The zero-order chi connectivity index (χ0) is 19.8. The second kappa shape index (κ2) is 12.0. The van der Waals surface area contributed by atoms with E-state index in [-0.39, 0.29) is 24.0 Å². The van der Waals surface area contributed by atoms with E-state index in [2.05, 4.69) is 68.6 Å². The fourth-order valence-electron chi connectivity index (χ4n) is 3.10. The van der Waals surface area contributed by atoms with Crippen LogP contribution in [0.15, 0.2) is 17.5 Å². The van der Waals surface area contributed by atoms with Crippen LogP contribution in [-0.2, 0) is 7.05 Å². The molecule has 2 aromatic rings. The molecule has 0 bridgehead atoms. The van der Waals surface area contributed by atoms with Crippen LogP contribution in [0.3, 0.4) is 0 Å². The van der Waals surface area contributed by atoms with Gasteiger partial charge in [-0.15, -0.1) is 24.0 Å². The molecule has 0 aliphatic heterocycles. The van der Waals surface area contributed by atoms with E-state index in [1.165, 1.54) is 0 Å². The van der Waals surface area contributed by atoms with E-state index in [4.69, 9.17) is 0 Å². The molecule has 0 fully saturated rings. The van der Waals surface area contributed by atoms with Crippen molar-refractivity contribution < 1.29 is 0 Å². The molecule has 28 heavy (non-hydrogen) atoms. The number of aromatic nitrogens is 4. The van der Waals surface area contributed by atoms with Crippen LogP contribution in [0.4, 0.5) is 5.82 Å². The van der Waals surface area contributed by atoms with Crippen molar-refractivity contribution in [1.82, 2.24) is 35.3 Å². The zero-order valence-electron chi connectivity index (χ0n) is 17.7. The van der Waals surface area contributed by atoms with Crippen molar-refractivity contribution in [2.75, 3.05) is 38.5 Å². The highest BCUT2D eigenvalue weighted by molar-refractivity contribution is 14.0. The van der Waals surface area contributed by atoms with Gasteiger partial charge in [0.25, 0.3) is 0 Å². The number of guanidine groups is 1. The summed E-state index contributed by atoms with van der Waals surface area (Å²) in [5, 5.41) is 15.2. The van der Waals surface area contributed by atoms with Gasteiger partial charge < -0.3 is 16.0 Å². The topological polar surface area (TPSA) is 95.3 Å². The quantitative estimate of drug-likeness (QED) is 0.208. The molecular formula is C18H34IN9. The molecule has 0 aliphatic carbocycles. The lowest BCUT2D eigenvalue weighted by Crippen LogP contribution is -2.46. The molecule has 10 heteroatoms. The van der Waals surface area contributed by atoms with Crippen molar-refractivity contribution in [1.29, 1.82) is 0 Å². The third-order valence-electron chi connectivity index (χ3n) is 4.45. The van der Waals surface area contributed by atoms with Gasteiger partial charge in [-0.05, 0) is 27.7 Å². The maximum absolute atomic E-state index is 4.30. The smallest absolute Gasteiger partial charge is 0.191 e. The summed E-state index contributed by atoms with van der Waals surface area (Å²) < 4.78 is 1.74. The predicted molar refractivity (Wildman–Crippen MR) is 127 cm³/mol. The molecule has 0 saturated heterocycles. The molecule has 0 radical (unpaired) electrons. The van der Waals surface area contributed by atoms with E-state index in [1.807, 2.05) is 7.05 Å². The summed E-state index contributed by atoms with van der Waals surface area (Å²) in [7, 11) is 3.66. The SMILES string of the molecule is CN=C(NCCNc1ncnc2c1cnn2C)NCCN(C(C)C)C(C)C.I. The molecular weight excluding hydrogens is 469 g/mol. The summed E-state index contributed by atoms with van der Waals surface area (Å²) >= 11 is 0. The van der Waals surface area contributed by atoms with Crippen LogP contribution >= 0.6 is 24.0 Å². The largest absolute Gasteiger partial charge is 0.368 e. The number of halogens is 1. The third kappa shape index (κ3) is 6.73. The van der Waals surface area contributed by atoms with Crippen molar-refractivity contribution >= 4 is 46.8 Å². The summed E-state index contributed by atoms with van der Waals surface area (Å²) in [6.07, 6.45) is 3.33. The molecule has 0 aromatic carbocycles. The minimum absolute atomic E-state index is 0. The highest BCUT2D eigenvalue weighted by atomic mass is 127. The summed E-state index contributed by atoms with van der Waals surface area (Å²) in [6, 6.07) is 1.06. The molecule has 2 aromatic heterocycles. The highest BCUT2D eigenvalue weighted by Gasteiger charge is 2.12. The number of aliphatic imine (C=N–C) groups is 1. The Morgan fingerprint density at radius 3 is 2.43 bits per heavy atom. The first-order valence-corrected chi connectivity index (χ1v) is 9.50. The average molecular weight is 503 g/mol. The summed E-state index contributed by atoms with van der Waals surface area (Å²) in [5.74, 6) is 1.60. The van der Waals surface area contributed by atoms with Gasteiger partial charge in [-0.25, -0.2) is 9.97 Å². The second-order valence-electron chi connectivity index (χ2n) is 7.01. The first-order chi connectivity index (χ1) is 12.9. The Balaban J connectivity index is 0.00000392. The fraction of sp³-hybridized carbons (Fsp3) is 0.667. The molecule has 0 aliphatic rings.